The summed E-state index contributed by atoms with van der Waals surface area (Å²) in [6, 6.07) is 8.28. The van der Waals surface area contributed by atoms with Gasteiger partial charge in [0.25, 0.3) is 0 Å². The number of nitrogens with one attached hydrogen (secondary N) is 1. The molecule has 160 valence electrons. The van der Waals surface area contributed by atoms with Gasteiger partial charge in [0.05, 0.1) is 0 Å². The second kappa shape index (κ2) is 15.6. The van der Waals surface area contributed by atoms with Crippen LogP contribution in [0.2, 0.25) is 0 Å². The van der Waals surface area contributed by atoms with Gasteiger partial charge >= 0.3 is 14.1 Å². The summed E-state index contributed by atoms with van der Waals surface area (Å²) in [5.41, 5.74) is 0. The maximum atomic E-state index is 12.5. The van der Waals surface area contributed by atoms with Crippen LogP contribution in [0, 0.1) is 0 Å². The van der Waals surface area contributed by atoms with Crippen LogP contribution in [0.5, 0.6) is 5.75 Å². The Balaban J connectivity index is 2.44. The number of unbranched alkanes of at least 4 members (excludes halogenated alkanes) is 6. The average molecular weight is 412 g/mol. The maximum absolute atomic E-state index is 12.5. The lowest BCUT2D eigenvalue weighted by Crippen LogP contribution is -2.34. The molecule has 1 unspecified atom stereocenters. The number of benzene rings is 1. The summed E-state index contributed by atoms with van der Waals surface area (Å²) in [7, 11) is -2.57. The number of hydrogen-bond acceptors (Lipinski definition) is 4. The van der Waals surface area contributed by atoms with Gasteiger partial charge in [-0.25, -0.2) is 5.09 Å². The monoisotopic (exact) mass is 411 g/mol. The first-order valence-electron chi connectivity index (χ1n) is 10.8. The molecule has 0 aliphatic rings. The van der Waals surface area contributed by atoms with Crippen molar-refractivity contribution in [1.29, 1.82) is 0 Å². The van der Waals surface area contributed by atoms with Gasteiger partial charge in [0.2, 0.25) is 0 Å². The number of para-hydroxylation sites is 1. The molecule has 0 amide bonds. The minimum Gasteiger partial charge on any atom is -0.461 e. The molecule has 6 heteroatoms. The van der Waals surface area contributed by atoms with E-state index < -0.39 is 14.2 Å². The number of ether oxygens (including phenoxy) is 1. The average Bonchev–Trinajstić information content (AvgIpc) is 2.68. The predicted octanol–water partition coefficient (Wildman–Crippen LogP) is 6.29. The van der Waals surface area contributed by atoms with Gasteiger partial charge < -0.3 is 9.26 Å². The summed E-state index contributed by atoms with van der Waals surface area (Å²) in [6.07, 6.45) is 11.1. The highest BCUT2D eigenvalue weighted by atomic mass is 31.1. The minimum atomic E-state index is -2.57. The summed E-state index contributed by atoms with van der Waals surface area (Å²) in [6.45, 7) is 6.05. The lowest BCUT2D eigenvalue weighted by atomic mass is 10.0. The van der Waals surface area contributed by atoms with E-state index >= 15 is 0 Å². The molecule has 0 fully saturated rings. The van der Waals surface area contributed by atoms with Gasteiger partial charge in [-0.15, -0.1) is 0 Å². The molecule has 0 aliphatic carbocycles. The van der Waals surface area contributed by atoms with Crippen LogP contribution >= 0.6 is 8.18 Å². The summed E-state index contributed by atoms with van der Waals surface area (Å²) in [4.78, 5) is 12.5. The highest BCUT2D eigenvalue weighted by molar-refractivity contribution is 7.37. The molecule has 1 aromatic rings. The van der Waals surface area contributed by atoms with Gasteiger partial charge in [-0.2, -0.15) is 0 Å². The standard InChI is InChI=1S/C22H38NO4P/c1-4-6-8-11-15-20(16-12-9-7-5-2)26-22(24)19(3)23-28(25)27-21-17-13-10-14-18-21/h10,13-14,17-20,28H,4-9,11-12,15-16H2,1-3H3,(H,23,25)/t19-/m0/s1. The quantitative estimate of drug-likeness (QED) is 0.197. The van der Waals surface area contributed by atoms with E-state index in [9.17, 15) is 9.36 Å². The SMILES string of the molecule is CCCCCCC(CCCCCC)OC(=O)[C@H](C)N[PH](=O)Oc1ccccc1. The molecule has 0 radical (unpaired) electrons. The number of hydrogen-bond donors (Lipinski definition) is 1. The van der Waals surface area contributed by atoms with E-state index in [1.807, 2.05) is 18.2 Å². The van der Waals surface area contributed by atoms with Crippen molar-refractivity contribution in [3.05, 3.63) is 30.3 Å². The Morgan fingerprint density at radius 2 is 1.54 bits per heavy atom. The summed E-state index contributed by atoms with van der Waals surface area (Å²) in [5.74, 6) is 0.162. The van der Waals surface area contributed by atoms with Gasteiger partial charge in [0.1, 0.15) is 17.9 Å². The Labute approximate surface area is 171 Å². The zero-order valence-corrected chi connectivity index (χ0v) is 18.7. The molecule has 0 saturated carbocycles. The molecule has 28 heavy (non-hydrogen) atoms. The molecule has 5 nitrogen and oxygen atoms in total. The summed E-state index contributed by atoms with van der Waals surface area (Å²) >= 11 is 0. The van der Waals surface area contributed by atoms with E-state index in [2.05, 4.69) is 18.9 Å². The number of carbonyl (C=O) groups is 1. The molecule has 1 aromatic carbocycles. The van der Waals surface area contributed by atoms with Crippen LogP contribution < -0.4 is 9.61 Å². The van der Waals surface area contributed by atoms with E-state index in [-0.39, 0.29) is 12.1 Å². The van der Waals surface area contributed by atoms with Crippen molar-refractivity contribution in [3.63, 3.8) is 0 Å². The Morgan fingerprint density at radius 1 is 0.964 bits per heavy atom. The zero-order valence-electron chi connectivity index (χ0n) is 17.7. The fourth-order valence-corrected chi connectivity index (χ4v) is 3.87. The van der Waals surface area contributed by atoms with Crippen LogP contribution in [0.1, 0.15) is 85.0 Å². The molecule has 0 saturated heterocycles. The molecular formula is C22H38NO4P. The number of rotatable bonds is 16. The summed E-state index contributed by atoms with van der Waals surface area (Å²) < 4.78 is 23.2. The molecule has 1 rings (SSSR count). The first kappa shape index (κ1) is 24.7. The molecule has 2 atom stereocenters. The lowest BCUT2D eigenvalue weighted by Gasteiger charge is -2.21. The highest BCUT2D eigenvalue weighted by Crippen LogP contribution is 2.24. The van der Waals surface area contributed by atoms with Gasteiger partial charge in [0.15, 0.2) is 0 Å². The van der Waals surface area contributed by atoms with E-state index in [4.69, 9.17) is 9.26 Å². The second-order valence-corrected chi connectivity index (χ2v) is 8.39. The van der Waals surface area contributed by atoms with Crippen LogP contribution in [0.15, 0.2) is 30.3 Å². The van der Waals surface area contributed by atoms with Crippen molar-refractivity contribution in [2.75, 3.05) is 0 Å². The topological polar surface area (TPSA) is 64.6 Å². The molecular weight excluding hydrogens is 373 g/mol. The van der Waals surface area contributed by atoms with E-state index in [0.29, 0.717) is 5.75 Å². The van der Waals surface area contributed by atoms with Gasteiger partial charge in [-0.1, -0.05) is 70.6 Å². The van der Waals surface area contributed by atoms with Crippen LogP contribution in [0.3, 0.4) is 0 Å². The second-order valence-electron chi connectivity index (χ2n) is 7.33. The maximum Gasteiger partial charge on any atom is 0.323 e. The Kier molecular flexibility index (Phi) is 13.8. The van der Waals surface area contributed by atoms with Crippen molar-refractivity contribution in [2.45, 2.75) is 97.1 Å². The minimum absolute atomic E-state index is 0.0529. The van der Waals surface area contributed by atoms with E-state index in [0.717, 1.165) is 25.7 Å². The van der Waals surface area contributed by atoms with Gasteiger partial charge in [0, 0.05) is 0 Å². The van der Waals surface area contributed by atoms with Crippen LogP contribution in [-0.4, -0.2) is 18.1 Å². The normalized spacial score (nSPS) is 13.3. The third kappa shape index (κ3) is 11.5. The largest absolute Gasteiger partial charge is 0.461 e. The predicted molar refractivity (Wildman–Crippen MR) is 116 cm³/mol. The van der Waals surface area contributed by atoms with Crippen molar-refractivity contribution >= 4 is 14.1 Å². The molecule has 0 spiro atoms. The molecule has 0 aliphatic heterocycles. The van der Waals surface area contributed by atoms with Crippen molar-refractivity contribution in [2.24, 2.45) is 0 Å². The van der Waals surface area contributed by atoms with Crippen molar-refractivity contribution in [3.8, 4) is 5.75 Å². The van der Waals surface area contributed by atoms with Crippen LogP contribution in [-0.2, 0) is 14.1 Å². The van der Waals surface area contributed by atoms with E-state index in [1.165, 1.54) is 38.5 Å². The third-order valence-electron chi connectivity index (χ3n) is 4.68. The number of esters is 1. The van der Waals surface area contributed by atoms with Gasteiger partial charge in [-0.05, 0) is 44.7 Å². The first-order valence-corrected chi connectivity index (χ1v) is 12.1. The molecule has 0 heterocycles. The zero-order chi connectivity index (χ0) is 20.6. The third-order valence-corrected chi connectivity index (χ3v) is 5.77. The van der Waals surface area contributed by atoms with Crippen LogP contribution in [0.4, 0.5) is 0 Å². The van der Waals surface area contributed by atoms with Crippen molar-refractivity contribution < 1.29 is 18.6 Å². The Morgan fingerprint density at radius 3 is 2.07 bits per heavy atom. The molecule has 0 bridgehead atoms. The van der Waals surface area contributed by atoms with Crippen molar-refractivity contribution in [1.82, 2.24) is 5.09 Å². The fourth-order valence-electron chi connectivity index (χ4n) is 2.99. The lowest BCUT2D eigenvalue weighted by molar-refractivity contribution is -0.151. The van der Waals surface area contributed by atoms with Crippen LogP contribution in [0.25, 0.3) is 0 Å². The summed E-state index contributed by atoms with van der Waals surface area (Å²) in [5, 5.41) is 2.74. The van der Waals surface area contributed by atoms with E-state index in [1.54, 1.807) is 19.1 Å². The molecule has 1 N–H and O–H groups in total. The fraction of sp³-hybridized carbons (Fsp3) is 0.682. The Hall–Kier alpha value is -1.32. The first-order chi connectivity index (χ1) is 13.6. The number of carbonyl (C=O) groups excluding carboxylic acids is 1. The Bertz CT molecular complexity index is 541. The van der Waals surface area contributed by atoms with Gasteiger partial charge in [-0.3, -0.25) is 9.36 Å². The smallest absolute Gasteiger partial charge is 0.323 e. The molecule has 0 aromatic heterocycles. The highest BCUT2D eigenvalue weighted by Gasteiger charge is 2.21.